The molecular weight excluding hydrogens is 677 g/mol. The lowest BCUT2D eigenvalue weighted by Crippen LogP contribution is -2.56. The highest BCUT2D eigenvalue weighted by Crippen LogP contribution is 2.51. The third-order valence-corrected chi connectivity index (χ3v) is 25.9. The molecule has 0 unspecified atom stereocenters. The van der Waals surface area contributed by atoms with Gasteiger partial charge in [-0.1, -0.05) is 87.4 Å². The lowest BCUT2D eigenvalue weighted by Gasteiger charge is -2.46. The van der Waals surface area contributed by atoms with Crippen molar-refractivity contribution in [1.29, 1.82) is 0 Å². The molecule has 0 amide bonds. The van der Waals surface area contributed by atoms with Crippen LogP contribution < -0.4 is 4.74 Å². The lowest BCUT2D eigenvalue weighted by atomic mass is 9.80. The summed E-state index contributed by atoms with van der Waals surface area (Å²) in [5.74, 6) is 0.275. The normalized spacial score (nSPS) is 22.4. The molecule has 10 heteroatoms. The van der Waals surface area contributed by atoms with Crippen LogP contribution >= 0.6 is 0 Å². The van der Waals surface area contributed by atoms with Crippen LogP contribution in [-0.4, -0.2) is 80.9 Å². The van der Waals surface area contributed by atoms with Gasteiger partial charge < -0.3 is 32.6 Å². The molecule has 7 nitrogen and oxygen atoms in total. The number of aliphatic hydroxyl groups excluding tert-OH is 1. The minimum absolute atomic E-state index is 0.0137. The summed E-state index contributed by atoms with van der Waals surface area (Å²) < 4.78 is 39.3. The van der Waals surface area contributed by atoms with Crippen LogP contribution in [0.1, 0.15) is 81.7 Å². The van der Waals surface area contributed by atoms with E-state index in [9.17, 15) is 5.11 Å². The van der Waals surface area contributed by atoms with Gasteiger partial charge in [0.2, 0.25) is 0 Å². The molecule has 1 aliphatic rings. The summed E-state index contributed by atoms with van der Waals surface area (Å²) >= 11 is 0. The Morgan fingerprint density at radius 1 is 0.820 bits per heavy atom. The van der Waals surface area contributed by atoms with E-state index in [4.69, 9.17) is 27.5 Å². The standard InChI is InChI=1S/C40H76O7Si3/c1-20-31(27-44-48(14,15)37(3,4)5)34(41)33(28-45-49(16,17)38(6,7)8)36(47-50(18,19)39(9,10)11)40(12)35(46-40)29(2)25-43-26-30-21-23-32(42-13)24-22-30/h20-24,29,31,33-36,41H,1,25-28H2,2-19H3/t29-,31-,33-,34+,35+,36-,40+/m0/s1. The van der Waals surface area contributed by atoms with Crippen molar-refractivity contribution in [1.82, 2.24) is 0 Å². The molecule has 1 fully saturated rings. The van der Waals surface area contributed by atoms with Gasteiger partial charge in [-0.25, -0.2) is 0 Å². The van der Waals surface area contributed by atoms with E-state index in [-0.39, 0.29) is 39.0 Å². The minimum Gasteiger partial charge on any atom is -0.497 e. The van der Waals surface area contributed by atoms with E-state index in [1.165, 1.54) is 0 Å². The Hall–Kier alpha value is -0.829. The second-order valence-corrected chi connectivity index (χ2v) is 33.9. The first-order valence-electron chi connectivity index (χ1n) is 18.7. The minimum atomic E-state index is -2.35. The Kier molecular flexibility index (Phi) is 15.1. The van der Waals surface area contributed by atoms with Crippen LogP contribution in [0.2, 0.25) is 54.4 Å². The predicted octanol–water partition coefficient (Wildman–Crippen LogP) is 10.2. The van der Waals surface area contributed by atoms with Gasteiger partial charge in [0.1, 0.15) is 11.4 Å². The second kappa shape index (κ2) is 16.7. The second-order valence-electron chi connectivity index (χ2n) is 19.6. The maximum absolute atomic E-state index is 12.5. The fourth-order valence-corrected chi connectivity index (χ4v) is 8.96. The summed E-state index contributed by atoms with van der Waals surface area (Å²) in [4.78, 5) is 0. The van der Waals surface area contributed by atoms with Crippen molar-refractivity contribution in [3.63, 3.8) is 0 Å². The Morgan fingerprint density at radius 2 is 1.30 bits per heavy atom. The zero-order valence-electron chi connectivity index (χ0n) is 35.3. The Morgan fingerprint density at radius 3 is 1.74 bits per heavy atom. The van der Waals surface area contributed by atoms with Gasteiger partial charge in [0, 0.05) is 31.0 Å². The molecule has 1 aromatic carbocycles. The zero-order valence-corrected chi connectivity index (χ0v) is 38.3. The highest BCUT2D eigenvalue weighted by Gasteiger charge is 2.64. The average molecular weight is 753 g/mol. The first kappa shape index (κ1) is 45.3. The number of ether oxygens (including phenoxy) is 3. The molecule has 50 heavy (non-hydrogen) atoms. The van der Waals surface area contributed by atoms with Crippen molar-refractivity contribution in [2.75, 3.05) is 26.9 Å². The maximum atomic E-state index is 12.5. The first-order chi connectivity index (χ1) is 22.5. The van der Waals surface area contributed by atoms with Crippen LogP contribution in [0, 0.1) is 17.8 Å². The quantitative estimate of drug-likeness (QED) is 0.0856. The SMILES string of the molecule is C=C[C@@H](CO[Si](C)(C)C(C)(C)C)[C@@H](O)[C@H](CO[Si](C)(C)C(C)(C)C)[C@H](O[Si](C)(C)C(C)(C)C)[C@]1(C)O[C@@H]1[C@@H](C)COCc1ccc(OC)cc1. The molecule has 2 rings (SSSR count). The van der Waals surface area contributed by atoms with Gasteiger partial charge in [0.25, 0.3) is 0 Å². The van der Waals surface area contributed by atoms with Crippen molar-refractivity contribution in [3.8, 4) is 5.75 Å². The third-order valence-electron chi connectivity index (χ3n) is 12.5. The van der Waals surface area contributed by atoms with E-state index in [1.54, 1.807) is 7.11 Å². The summed E-state index contributed by atoms with van der Waals surface area (Å²) in [6.07, 6.45) is 0.554. The van der Waals surface area contributed by atoms with Crippen molar-refractivity contribution in [2.24, 2.45) is 17.8 Å². The van der Waals surface area contributed by atoms with Crippen molar-refractivity contribution in [2.45, 2.75) is 161 Å². The van der Waals surface area contributed by atoms with Crippen LogP contribution in [0.3, 0.4) is 0 Å². The maximum Gasteiger partial charge on any atom is 0.192 e. The highest BCUT2D eigenvalue weighted by atomic mass is 28.4. The molecule has 0 saturated carbocycles. The van der Waals surface area contributed by atoms with Gasteiger partial charge in [-0.15, -0.1) is 6.58 Å². The van der Waals surface area contributed by atoms with Crippen LogP contribution in [-0.2, 0) is 29.4 Å². The van der Waals surface area contributed by atoms with Gasteiger partial charge in [-0.3, -0.25) is 0 Å². The fourth-order valence-electron chi connectivity index (χ4n) is 5.48. The molecule has 0 spiro atoms. The lowest BCUT2D eigenvalue weighted by molar-refractivity contribution is -0.0590. The molecule has 1 aromatic rings. The number of hydrogen-bond acceptors (Lipinski definition) is 7. The van der Waals surface area contributed by atoms with Gasteiger partial charge in [0.05, 0.1) is 38.6 Å². The number of aliphatic hydroxyl groups is 1. The number of hydrogen-bond donors (Lipinski definition) is 1. The molecule has 7 atom stereocenters. The smallest absolute Gasteiger partial charge is 0.192 e. The molecule has 0 radical (unpaired) electrons. The molecule has 1 heterocycles. The molecule has 0 aromatic heterocycles. The number of epoxide rings is 1. The summed E-state index contributed by atoms with van der Waals surface area (Å²) in [6.45, 7) is 44.2. The van der Waals surface area contributed by atoms with Crippen LogP contribution in [0.25, 0.3) is 0 Å². The van der Waals surface area contributed by atoms with Crippen LogP contribution in [0.5, 0.6) is 5.75 Å². The fraction of sp³-hybridized carbons (Fsp3) is 0.800. The first-order valence-corrected chi connectivity index (χ1v) is 27.4. The van der Waals surface area contributed by atoms with Gasteiger partial charge in [-0.05, 0) is 79.0 Å². The van der Waals surface area contributed by atoms with Gasteiger partial charge in [0.15, 0.2) is 25.0 Å². The molecule has 290 valence electrons. The Labute approximate surface area is 310 Å². The summed E-state index contributed by atoms with van der Waals surface area (Å²) in [6, 6.07) is 7.97. The molecule has 1 saturated heterocycles. The van der Waals surface area contributed by atoms with Crippen LogP contribution in [0.15, 0.2) is 36.9 Å². The van der Waals surface area contributed by atoms with Crippen LogP contribution in [0.4, 0.5) is 0 Å². The van der Waals surface area contributed by atoms with E-state index < -0.39 is 42.8 Å². The molecule has 1 N–H and O–H groups in total. The number of rotatable bonds is 19. The van der Waals surface area contributed by atoms with Gasteiger partial charge in [-0.2, -0.15) is 0 Å². The van der Waals surface area contributed by atoms with Crippen molar-refractivity contribution < 1.29 is 32.6 Å². The topological polar surface area (TPSA) is 78.9 Å². The average Bonchev–Trinajstić information content (AvgIpc) is 3.67. The van der Waals surface area contributed by atoms with E-state index >= 15 is 0 Å². The van der Waals surface area contributed by atoms with Crippen molar-refractivity contribution >= 4 is 25.0 Å². The largest absolute Gasteiger partial charge is 0.497 e. The monoisotopic (exact) mass is 752 g/mol. The molecular formula is C40H76O7Si3. The van der Waals surface area contributed by atoms with E-state index in [2.05, 4.69) is 122 Å². The highest BCUT2D eigenvalue weighted by molar-refractivity contribution is 6.75. The van der Waals surface area contributed by atoms with Crippen molar-refractivity contribution in [3.05, 3.63) is 42.5 Å². The summed E-state index contributed by atoms with van der Waals surface area (Å²) in [5.41, 5.74) is 0.463. The zero-order chi connectivity index (χ0) is 38.7. The number of benzene rings is 1. The van der Waals surface area contributed by atoms with E-state index in [1.807, 2.05) is 30.3 Å². The molecule has 0 aliphatic carbocycles. The Bertz CT molecular complexity index is 1210. The van der Waals surface area contributed by atoms with Gasteiger partial charge >= 0.3 is 0 Å². The van der Waals surface area contributed by atoms with E-state index in [0.717, 1.165) is 11.3 Å². The predicted molar refractivity (Wildman–Crippen MR) is 217 cm³/mol. The summed E-state index contributed by atoms with van der Waals surface area (Å²) in [5, 5.41) is 12.5. The Balaban J connectivity index is 2.49. The molecule has 0 bridgehead atoms. The van der Waals surface area contributed by atoms with E-state index in [0.29, 0.717) is 26.4 Å². The molecule has 1 aliphatic heterocycles. The number of methoxy groups -OCH3 is 1. The third kappa shape index (κ3) is 11.3. The summed E-state index contributed by atoms with van der Waals surface area (Å²) in [7, 11) is -4.93.